The molecule has 1 unspecified atom stereocenters. The number of nitrogens with zero attached hydrogens (tertiary/aromatic N) is 2. The molecule has 2 aromatic rings. The van der Waals surface area contributed by atoms with Gasteiger partial charge < -0.3 is 10.3 Å². The third-order valence-corrected chi connectivity index (χ3v) is 2.89. The van der Waals surface area contributed by atoms with E-state index in [9.17, 15) is 13.2 Å². The fourth-order valence-electron chi connectivity index (χ4n) is 2.12. The van der Waals surface area contributed by atoms with Crippen molar-refractivity contribution in [2.75, 3.05) is 0 Å². The molecule has 104 valence electrons. The van der Waals surface area contributed by atoms with E-state index in [4.69, 9.17) is 5.73 Å². The van der Waals surface area contributed by atoms with Crippen molar-refractivity contribution in [1.29, 1.82) is 0 Å². The Morgan fingerprint density at radius 1 is 1.42 bits per heavy atom. The van der Waals surface area contributed by atoms with E-state index in [2.05, 4.69) is 4.98 Å². The van der Waals surface area contributed by atoms with Gasteiger partial charge in [-0.25, -0.2) is 4.98 Å². The Labute approximate surface area is 109 Å². The fourth-order valence-corrected chi connectivity index (χ4v) is 2.12. The number of halogens is 3. The van der Waals surface area contributed by atoms with Gasteiger partial charge in [-0.2, -0.15) is 13.2 Å². The molecular weight excluding hydrogens is 255 g/mol. The van der Waals surface area contributed by atoms with Gasteiger partial charge in [0.2, 0.25) is 0 Å². The monoisotopic (exact) mass is 271 g/mol. The summed E-state index contributed by atoms with van der Waals surface area (Å²) in [5.41, 5.74) is 7.29. The second kappa shape index (κ2) is 5.21. The summed E-state index contributed by atoms with van der Waals surface area (Å²) in [6.07, 6.45) is -1.08. The Hall–Kier alpha value is -1.56. The first-order chi connectivity index (χ1) is 8.87. The number of aromatic nitrogens is 2. The van der Waals surface area contributed by atoms with Crippen LogP contribution < -0.4 is 5.73 Å². The van der Waals surface area contributed by atoms with Crippen molar-refractivity contribution in [3.05, 3.63) is 30.1 Å². The number of aryl methyl sites for hydroxylation is 1. The fraction of sp³-hybridized carbons (Fsp3) is 0.462. The van der Waals surface area contributed by atoms with Gasteiger partial charge in [-0.3, -0.25) is 0 Å². The summed E-state index contributed by atoms with van der Waals surface area (Å²) in [7, 11) is 0. The van der Waals surface area contributed by atoms with Crippen molar-refractivity contribution in [1.82, 2.24) is 9.55 Å². The highest BCUT2D eigenvalue weighted by atomic mass is 19.4. The minimum Gasteiger partial charge on any atom is -0.332 e. The van der Waals surface area contributed by atoms with Crippen LogP contribution in [0.5, 0.6) is 0 Å². The van der Waals surface area contributed by atoms with Gasteiger partial charge in [-0.1, -0.05) is 0 Å². The van der Waals surface area contributed by atoms with Crippen LogP contribution in [0.1, 0.15) is 18.9 Å². The molecule has 2 rings (SSSR count). The second-order valence-electron chi connectivity index (χ2n) is 4.77. The van der Waals surface area contributed by atoms with E-state index in [1.165, 1.54) is 0 Å². The molecule has 19 heavy (non-hydrogen) atoms. The molecule has 0 bridgehead atoms. The normalized spacial score (nSPS) is 13.9. The average molecular weight is 271 g/mol. The van der Waals surface area contributed by atoms with Crippen molar-refractivity contribution in [2.45, 2.75) is 38.5 Å². The largest absolute Gasteiger partial charge is 0.390 e. The highest BCUT2D eigenvalue weighted by Gasteiger charge is 2.27. The summed E-state index contributed by atoms with van der Waals surface area (Å²) >= 11 is 0. The number of hydrogen-bond donors (Lipinski definition) is 1. The van der Waals surface area contributed by atoms with Crippen LogP contribution in [-0.2, 0) is 13.0 Å². The van der Waals surface area contributed by atoms with Crippen molar-refractivity contribution in [3.8, 4) is 0 Å². The predicted octanol–water partition coefficient (Wildman–Crippen LogP) is 2.88. The van der Waals surface area contributed by atoms with Crippen LogP contribution in [0.15, 0.2) is 24.5 Å². The predicted molar refractivity (Wildman–Crippen MR) is 67.8 cm³/mol. The number of nitrogens with two attached hydrogens (primary N) is 1. The van der Waals surface area contributed by atoms with E-state index < -0.39 is 12.6 Å². The van der Waals surface area contributed by atoms with E-state index in [-0.39, 0.29) is 12.6 Å². The maximum atomic E-state index is 12.3. The molecule has 0 aromatic carbocycles. The quantitative estimate of drug-likeness (QED) is 0.929. The van der Waals surface area contributed by atoms with Crippen molar-refractivity contribution in [3.63, 3.8) is 0 Å². The summed E-state index contributed by atoms with van der Waals surface area (Å²) in [5, 5.41) is 0.877. The summed E-state index contributed by atoms with van der Waals surface area (Å²) in [6.45, 7) is 1.76. The van der Waals surface area contributed by atoms with E-state index in [1.54, 1.807) is 23.0 Å². The Morgan fingerprint density at radius 3 is 2.79 bits per heavy atom. The zero-order chi connectivity index (χ0) is 14.0. The minimum absolute atomic E-state index is 0.0399. The van der Waals surface area contributed by atoms with E-state index in [1.807, 2.05) is 13.0 Å². The van der Waals surface area contributed by atoms with E-state index >= 15 is 0 Å². The average Bonchev–Trinajstić information content (AvgIpc) is 2.64. The van der Waals surface area contributed by atoms with E-state index in [0.717, 1.165) is 10.9 Å². The number of rotatable bonds is 4. The lowest BCUT2D eigenvalue weighted by atomic mass is 10.1. The first kappa shape index (κ1) is 13.9. The van der Waals surface area contributed by atoms with Crippen molar-refractivity contribution in [2.24, 2.45) is 5.73 Å². The zero-order valence-electron chi connectivity index (χ0n) is 10.6. The standard InChI is InChI=1S/C13H16F3N3/c1-9(17)7-10-8-19(6-4-13(14,15)16)12-11(10)3-2-5-18-12/h2-3,5,8-9H,4,6-7,17H2,1H3. The van der Waals surface area contributed by atoms with Crippen molar-refractivity contribution < 1.29 is 13.2 Å². The molecular formula is C13H16F3N3. The molecule has 0 saturated heterocycles. The molecule has 1 atom stereocenters. The topological polar surface area (TPSA) is 43.8 Å². The van der Waals surface area contributed by atoms with Crippen LogP contribution >= 0.6 is 0 Å². The molecule has 0 radical (unpaired) electrons. The van der Waals surface area contributed by atoms with Gasteiger partial charge in [0.15, 0.2) is 0 Å². The molecule has 3 nitrogen and oxygen atoms in total. The molecule has 0 aliphatic rings. The number of fused-ring (bicyclic) bond motifs is 1. The SMILES string of the molecule is CC(N)Cc1cn(CCC(F)(F)F)c2ncccc12. The Kier molecular flexibility index (Phi) is 3.80. The molecule has 0 saturated carbocycles. The lowest BCUT2D eigenvalue weighted by molar-refractivity contribution is -0.136. The summed E-state index contributed by atoms with van der Waals surface area (Å²) < 4.78 is 38.5. The Morgan fingerprint density at radius 2 is 2.16 bits per heavy atom. The zero-order valence-corrected chi connectivity index (χ0v) is 10.6. The van der Waals surface area contributed by atoms with Crippen LogP contribution in [0.2, 0.25) is 0 Å². The van der Waals surface area contributed by atoms with Gasteiger partial charge in [0, 0.05) is 30.4 Å². The minimum atomic E-state index is -4.16. The molecule has 2 heterocycles. The maximum Gasteiger partial charge on any atom is 0.390 e. The molecule has 0 spiro atoms. The lowest BCUT2D eigenvalue weighted by Crippen LogP contribution is -2.17. The second-order valence-corrected chi connectivity index (χ2v) is 4.77. The summed E-state index contributed by atoms with van der Waals surface area (Å²) in [5.74, 6) is 0. The third-order valence-electron chi connectivity index (χ3n) is 2.89. The number of alkyl halides is 3. The van der Waals surface area contributed by atoms with Crippen LogP contribution in [0, 0.1) is 0 Å². The Bertz CT molecular complexity index is 558. The maximum absolute atomic E-state index is 12.3. The first-order valence-corrected chi connectivity index (χ1v) is 6.12. The highest BCUT2D eigenvalue weighted by molar-refractivity contribution is 5.80. The van der Waals surface area contributed by atoms with Gasteiger partial charge in [-0.15, -0.1) is 0 Å². The smallest absolute Gasteiger partial charge is 0.332 e. The van der Waals surface area contributed by atoms with Crippen LogP contribution in [0.25, 0.3) is 11.0 Å². The van der Waals surface area contributed by atoms with Crippen LogP contribution in [-0.4, -0.2) is 21.8 Å². The first-order valence-electron chi connectivity index (χ1n) is 6.12. The third kappa shape index (κ3) is 3.47. The van der Waals surface area contributed by atoms with Crippen LogP contribution in [0.4, 0.5) is 13.2 Å². The Balaban J connectivity index is 2.33. The van der Waals surface area contributed by atoms with Gasteiger partial charge in [-0.05, 0) is 31.0 Å². The van der Waals surface area contributed by atoms with Crippen LogP contribution in [0.3, 0.4) is 0 Å². The number of hydrogen-bond acceptors (Lipinski definition) is 2. The van der Waals surface area contributed by atoms with Crippen molar-refractivity contribution >= 4 is 11.0 Å². The highest BCUT2D eigenvalue weighted by Crippen LogP contribution is 2.24. The summed E-state index contributed by atoms with van der Waals surface area (Å²) in [4.78, 5) is 4.16. The van der Waals surface area contributed by atoms with E-state index in [0.29, 0.717) is 12.1 Å². The molecule has 0 fully saturated rings. The molecule has 2 aromatic heterocycles. The molecule has 0 amide bonds. The molecule has 2 N–H and O–H groups in total. The molecule has 0 aliphatic carbocycles. The molecule has 6 heteroatoms. The number of pyridine rings is 1. The van der Waals surface area contributed by atoms with Gasteiger partial charge in [0.05, 0.1) is 6.42 Å². The van der Waals surface area contributed by atoms with Gasteiger partial charge in [0.25, 0.3) is 0 Å². The van der Waals surface area contributed by atoms with Gasteiger partial charge in [0.1, 0.15) is 5.65 Å². The lowest BCUT2D eigenvalue weighted by Gasteiger charge is -2.07. The molecule has 0 aliphatic heterocycles. The summed E-state index contributed by atoms with van der Waals surface area (Å²) in [6, 6.07) is 3.60. The van der Waals surface area contributed by atoms with Gasteiger partial charge >= 0.3 is 6.18 Å².